The van der Waals surface area contributed by atoms with Crippen LogP contribution in [0.4, 0.5) is 0 Å². The summed E-state index contributed by atoms with van der Waals surface area (Å²) in [5.74, 6) is 0.0928. The molecule has 1 aromatic carbocycles. The Balaban J connectivity index is 2.51. The summed E-state index contributed by atoms with van der Waals surface area (Å²) in [5.41, 5.74) is 1.01. The third kappa shape index (κ3) is 2.64. The predicted octanol–water partition coefficient (Wildman–Crippen LogP) is 1.81. The number of benzene rings is 1. The summed E-state index contributed by atoms with van der Waals surface area (Å²) in [6.45, 7) is 3.45. The van der Waals surface area contributed by atoms with Crippen LogP contribution in [0.3, 0.4) is 0 Å². The number of ketones is 1. The second kappa shape index (κ2) is 5.73. The first-order valence-corrected chi connectivity index (χ1v) is 6.28. The zero-order valence-electron chi connectivity index (χ0n) is 11.7. The molecule has 2 aromatic rings. The number of fused-ring (bicyclic) bond motifs is 1. The summed E-state index contributed by atoms with van der Waals surface area (Å²) >= 11 is 0. The van der Waals surface area contributed by atoms with Crippen molar-refractivity contribution in [1.82, 2.24) is 9.78 Å². The summed E-state index contributed by atoms with van der Waals surface area (Å²) in [7, 11) is 1.55. The molecule has 2 rings (SSSR count). The first-order chi connectivity index (χ1) is 9.56. The number of esters is 1. The molecule has 0 aliphatic carbocycles. The Kier molecular flexibility index (Phi) is 4.02. The number of nitrogens with zero attached hydrogens (tertiary/aromatic N) is 2. The van der Waals surface area contributed by atoms with Crippen LogP contribution in [-0.2, 0) is 16.1 Å². The number of carbonyl (C=O) groups is 2. The van der Waals surface area contributed by atoms with Crippen LogP contribution in [0.2, 0.25) is 0 Å². The first-order valence-electron chi connectivity index (χ1n) is 6.28. The van der Waals surface area contributed by atoms with Gasteiger partial charge in [-0.15, -0.1) is 0 Å². The van der Waals surface area contributed by atoms with Gasteiger partial charge in [0.1, 0.15) is 18.0 Å². The van der Waals surface area contributed by atoms with Crippen molar-refractivity contribution in [2.75, 3.05) is 13.7 Å². The van der Waals surface area contributed by atoms with Crippen LogP contribution in [0.15, 0.2) is 18.2 Å². The molecule has 0 fully saturated rings. The van der Waals surface area contributed by atoms with Crippen molar-refractivity contribution in [2.24, 2.45) is 0 Å². The Labute approximate surface area is 116 Å². The number of methoxy groups -OCH3 is 1. The molecule has 0 unspecified atom stereocenters. The molecule has 0 aliphatic rings. The van der Waals surface area contributed by atoms with Crippen molar-refractivity contribution >= 4 is 22.7 Å². The zero-order valence-corrected chi connectivity index (χ0v) is 11.7. The minimum absolute atomic E-state index is 0.0369. The fraction of sp³-hybridized carbons (Fsp3) is 0.357. The van der Waals surface area contributed by atoms with E-state index in [0.29, 0.717) is 29.0 Å². The van der Waals surface area contributed by atoms with Crippen LogP contribution in [0.1, 0.15) is 24.3 Å². The highest BCUT2D eigenvalue weighted by molar-refractivity contribution is 6.05. The Morgan fingerprint density at radius 1 is 1.35 bits per heavy atom. The van der Waals surface area contributed by atoms with Gasteiger partial charge in [0.2, 0.25) is 0 Å². The Bertz CT molecular complexity index is 660. The van der Waals surface area contributed by atoms with E-state index < -0.39 is 5.97 Å². The van der Waals surface area contributed by atoms with E-state index in [1.165, 1.54) is 11.6 Å². The molecule has 0 saturated heterocycles. The van der Waals surface area contributed by atoms with Crippen molar-refractivity contribution in [3.8, 4) is 5.75 Å². The number of Topliss-reactive ketones (excluding diaryl/α,β-unsaturated/α-hetero) is 1. The second-order valence-electron chi connectivity index (χ2n) is 4.25. The highest BCUT2D eigenvalue weighted by Crippen LogP contribution is 2.24. The monoisotopic (exact) mass is 276 g/mol. The molecule has 0 N–H and O–H groups in total. The van der Waals surface area contributed by atoms with Gasteiger partial charge in [-0.1, -0.05) is 0 Å². The average molecular weight is 276 g/mol. The van der Waals surface area contributed by atoms with Gasteiger partial charge in [-0.25, -0.2) is 0 Å². The molecule has 106 valence electrons. The van der Waals surface area contributed by atoms with Crippen molar-refractivity contribution < 1.29 is 19.1 Å². The van der Waals surface area contributed by atoms with Crippen molar-refractivity contribution in [3.63, 3.8) is 0 Å². The lowest BCUT2D eigenvalue weighted by molar-refractivity contribution is -0.143. The van der Waals surface area contributed by atoms with Gasteiger partial charge in [0.25, 0.3) is 0 Å². The summed E-state index contributed by atoms with van der Waals surface area (Å²) in [4.78, 5) is 23.2. The molecule has 1 aromatic heterocycles. The smallest absolute Gasteiger partial charge is 0.327 e. The molecule has 6 nitrogen and oxygen atoms in total. The number of rotatable bonds is 5. The van der Waals surface area contributed by atoms with Gasteiger partial charge in [-0.3, -0.25) is 14.3 Å². The maximum Gasteiger partial charge on any atom is 0.327 e. The summed E-state index contributed by atoms with van der Waals surface area (Å²) in [5, 5.41) is 4.89. The number of ether oxygens (including phenoxy) is 2. The molecule has 0 spiro atoms. The maximum absolute atomic E-state index is 11.6. The maximum atomic E-state index is 11.6. The fourth-order valence-electron chi connectivity index (χ4n) is 1.99. The van der Waals surface area contributed by atoms with Crippen LogP contribution in [-0.4, -0.2) is 35.2 Å². The second-order valence-corrected chi connectivity index (χ2v) is 4.25. The lowest BCUT2D eigenvalue weighted by Crippen LogP contribution is -2.14. The van der Waals surface area contributed by atoms with E-state index in [9.17, 15) is 9.59 Å². The van der Waals surface area contributed by atoms with Gasteiger partial charge in [0, 0.05) is 18.4 Å². The molecule has 6 heteroatoms. The minimum Gasteiger partial charge on any atom is -0.497 e. The molecule has 0 saturated carbocycles. The highest BCUT2D eigenvalue weighted by atomic mass is 16.5. The summed E-state index contributed by atoms with van der Waals surface area (Å²) < 4.78 is 11.5. The Morgan fingerprint density at radius 2 is 2.10 bits per heavy atom. The molecular formula is C14H16N2O4. The summed E-state index contributed by atoms with van der Waals surface area (Å²) in [6.07, 6.45) is 0. The van der Waals surface area contributed by atoms with Crippen LogP contribution in [0.25, 0.3) is 10.9 Å². The van der Waals surface area contributed by atoms with E-state index >= 15 is 0 Å². The fourth-order valence-corrected chi connectivity index (χ4v) is 1.99. The average Bonchev–Trinajstić information content (AvgIpc) is 2.77. The normalized spacial score (nSPS) is 10.6. The van der Waals surface area contributed by atoms with Crippen LogP contribution in [0, 0.1) is 0 Å². The van der Waals surface area contributed by atoms with Crippen molar-refractivity contribution in [2.45, 2.75) is 20.4 Å². The Hall–Kier alpha value is -2.37. The van der Waals surface area contributed by atoms with Gasteiger partial charge in [0.05, 0.1) is 19.2 Å². The third-order valence-corrected chi connectivity index (χ3v) is 2.88. The van der Waals surface area contributed by atoms with E-state index in [4.69, 9.17) is 9.47 Å². The number of carbonyl (C=O) groups excluding carboxylic acids is 2. The first kappa shape index (κ1) is 14.0. The quantitative estimate of drug-likeness (QED) is 0.615. The van der Waals surface area contributed by atoms with E-state index in [1.807, 2.05) is 0 Å². The van der Waals surface area contributed by atoms with Crippen LogP contribution < -0.4 is 4.74 Å². The minimum atomic E-state index is -0.394. The predicted molar refractivity (Wildman–Crippen MR) is 72.9 cm³/mol. The van der Waals surface area contributed by atoms with Crippen LogP contribution in [0.5, 0.6) is 5.75 Å². The van der Waals surface area contributed by atoms with Crippen molar-refractivity contribution in [1.29, 1.82) is 0 Å². The van der Waals surface area contributed by atoms with E-state index in [0.717, 1.165) is 0 Å². The third-order valence-electron chi connectivity index (χ3n) is 2.88. The molecule has 0 bridgehead atoms. The number of hydrogen-bond donors (Lipinski definition) is 0. The lowest BCUT2D eigenvalue weighted by Gasteiger charge is -2.04. The largest absolute Gasteiger partial charge is 0.497 e. The molecule has 0 radical (unpaired) electrons. The van der Waals surface area contributed by atoms with Gasteiger partial charge < -0.3 is 9.47 Å². The standard InChI is InChI=1S/C14H16N2O4/c1-4-20-13(18)8-16-12-7-10(19-3)5-6-11(12)14(15-16)9(2)17/h5-7H,4,8H2,1-3H3. The molecule has 0 atom stereocenters. The van der Waals surface area contributed by atoms with E-state index in [2.05, 4.69) is 5.10 Å². The van der Waals surface area contributed by atoms with Gasteiger partial charge in [-0.05, 0) is 19.1 Å². The van der Waals surface area contributed by atoms with E-state index in [-0.39, 0.29) is 12.3 Å². The van der Waals surface area contributed by atoms with Gasteiger partial charge in [0.15, 0.2) is 5.78 Å². The lowest BCUT2D eigenvalue weighted by atomic mass is 10.1. The zero-order chi connectivity index (χ0) is 14.7. The topological polar surface area (TPSA) is 70.4 Å². The van der Waals surface area contributed by atoms with E-state index in [1.54, 1.807) is 32.2 Å². The van der Waals surface area contributed by atoms with Crippen LogP contribution >= 0.6 is 0 Å². The molecule has 0 amide bonds. The molecular weight excluding hydrogens is 260 g/mol. The molecule has 0 aliphatic heterocycles. The number of hydrogen-bond acceptors (Lipinski definition) is 5. The SMILES string of the molecule is CCOC(=O)Cn1nc(C(C)=O)c2ccc(OC)cc21. The van der Waals surface area contributed by atoms with Gasteiger partial charge in [-0.2, -0.15) is 5.10 Å². The summed E-state index contributed by atoms with van der Waals surface area (Å²) in [6, 6.07) is 5.26. The molecule has 1 heterocycles. The highest BCUT2D eigenvalue weighted by Gasteiger charge is 2.16. The molecule has 20 heavy (non-hydrogen) atoms. The number of aromatic nitrogens is 2. The Morgan fingerprint density at radius 3 is 2.70 bits per heavy atom. The van der Waals surface area contributed by atoms with Gasteiger partial charge >= 0.3 is 5.97 Å². The van der Waals surface area contributed by atoms with Crippen molar-refractivity contribution in [3.05, 3.63) is 23.9 Å².